The van der Waals surface area contributed by atoms with Crippen molar-refractivity contribution in [1.29, 1.82) is 0 Å². The molecule has 5 N–H and O–H groups in total. The standard InChI is InChI=1S/C16H25N5O.HI/c1-2-21-8-4-7-14(21)11-20-16(18)19-10-12-5-3-6-13(9-12)15(17)22;/h3,5-6,9,14H,2,4,7-8,10-11H2,1H3,(H2,17,22)(H3,18,19,20);1H. The van der Waals surface area contributed by atoms with E-state index in [1.165, 1.54) is 19.4 Å². The lowest BCUT2D eigenvalue weighted by atomic mass is 10.1. The Kier molecular flexibility index (Phi) is 8.32. The van der Waals surface area contributed by atoms with E-state index in [1.807, 2.05) is 6.07 Å². The molecule has 23 heavy (non-hydrogen) atoms. The van der Waals surface area contributed by atoms with Crippen LogP contribution in [0.3, 0.4) is 0 Å². The Balaban J connectivity index is 0.00000264. The van der Waals surface area contributed by atoms with Crippen LogP contribution in [0.15, 0.2) is 29.3 Å². The zero-order chi connectivity index (χ0) is 15.9. The van der Waals surface area contributed by atoms with E-state index in [-0.39, 0.29) is 24.0 Å². The molecule has 1 fully saturated rings. The molecule has 6 nitrogen and oxygen atoms in total. The minimum Gasteiger partial charge on any atom is -0.370 e. The minimum absolute atomic E-state index is 0. The molecular weight excluding hydrogens is 405 g/mol. The monoisotopic (exact) mass is 431 g/mol. The normalized spacial score (nSPS) is 18.5. The van der Waals surface area contributed by atoms with Gasteiger partial charge in [0.15, 0.2) is 5.96 Å². The average molecular weight is 431 g/mol. The number of guanidine groups is 1. The summed E-state index contributed by atoms with van der Waals surface area (Å²) in [6, 6.07) is 7.67. The van der Waals surface area contributed by atoms with Gasteiger partial charge in [0.1, 0.15) is 0 Å². The lowest BCUT2D eigenvalue weighted by Gasteiger charge is -2.23. The van der Waals surface area contributed by atoms with Gasteiger partial charge in [-0.2, -0.15) is 0 Å². The number of hydrogen-bond donors (Lipinski definition) is 3. The molecule has 0 aliphatic carbocycles. The lowest BCUT2D eigenvalue weighted by molar-refractivity contribution is 0.1000. The largest absolute Gasteiger partial charge is 0.370 e. The molecule has 1 aromatic rings. The number of rotatable bonds is 6. The molecule has 1 aromatic carbocycles. The molecule has 1 unspecified atom stereocenters. The van der Waals surface area contributed by atoms with Gasteiger partial charge in [-0.05, 0) is 43.6 Å². The third-order valence-electron chi connectivity index (χ3n) is 4.07. The molecule has 0 spiro atoms. The van der Waals surface area contributed by atoms with Gasteiger partial charge < -0.3 is 16.8 Å². The molecule has 1 heterocycles. The Bertz CT molecular complexity index is 549. The molecule has 0 aromatic heterocycles. The van der Waals surface area contributed by atoms with Crippen molar-refractivity contribution in [3.8, 4) is 0 Å². The summed E-state index contributed by atoms with van der Waals surface area (Å²) in [5, 5.41) is 3.19. The van der Waals surface area contributed by atoms with E-state index in [0.717, 1.165) is 18.7 Å². The van der Waals surface area contributed by atoms with Crippen LogP contribution >= 0.6 is 24.0 Å². The Labute approximate surface area is 154 Å². The summed E-state index contributed by atoms with van der Waals surface area (Å²) < 4.78 is 0. The first-order chi connectivity index (χ1) is 10.6. The van der Waals surface area contributed by atoms with Crippen LogP contribution in [0.2, 0.25) is 0 Å². The van der Waals surface area contributed by atoms with E-state index in [0.29, 0.717) is 24.1 Å². The van der Waals surface area contributed by atoms with Crippen molar-refractivity contribution in [2.45, 2.75) is 32.4 Å². The average Bonchev–Trinajstić information content (AvgIpc) is 2.98. The molecule has 1 aliphatic rings. The number of likely N-dealkylation sites (tertiary alicyclic amines) is 1. The highest BCUT2D eigenvalue weighted by Gasteiger charge is 2.22. The smallest absolute Gasteiger partial charge is 0.248 e. The van der Waals surface area contributed by atoms with Crippen molar-refractivity contribution in [3.05, 3.63) is 35.4 Å². The van der Waals surface area contributed by atoms with Gasteiger partial charge >= 0.3 is 0 Å². The predicted molar refractivity (Wildman–Crippen MR) is 104 cm³/mol. The van der Waals surface area contributed by atoms with Crippen molar-refractivity contribution in [3.63, 3.8) is 0 Å². The van der Waals surface area contributed by atoms with E-state index < -0.39 is 5.91 Å². The van der Waals surface area contributed by atoms with Gasteiger partial charge in [0, 0.05) is 18.2 Å². The number of halogens is 1. The number of primary amides is 1. The number of likely N-dealkylation sites (N-methyl/N-ethyl adjacent to an activating group) is 1. The molecule has 128 valence electrons. The van der Waals surface area contributed by atoms with E-state index in [1.54, 1.807) is 18.2 Å². The maximum absolute atomic E-state index is 11.1. The summed E-state index contributed by atoms with van der Waals surface area (Å²) in [6.07, 6.45) is 2.45. The number of nitrogens with zero attached hydrogens (tertiary/aromatic N) is 2. The van der Waals surface area contributed by atoms with Gasteiger partial charge in [-0.25, -0.2) is 4.99 Å². The molecule has 0 saturated carbocycles. The highest BCUT2D eigenvalue weighted by molar-refractivity contribution is 14.0. The number of aliphatic imine (C=N–C) groups is 1. The van der Waals surface area contributed by atoms with Crippen molar-refractivity contribution >= 4 is 35.8 Å². The molecule has 2 rings (SSSR count). The maximum atomic E-state index is 11.1. The Hall–Kier alpha value is -1.35. The summed E-state index contributed by atoms with van der Waals surface area (Å²) >= 11 is 0. The second-order valence-corrected chi connectivity index (χ2v) is 5.57. The SMILES string of the molecule is CCN1CCCC1CNC(N)=NCc1cccc(C(N)=O)c1.I. The summed E-state index contributed by atoms with van der Waals surface area (Å²) in [4.78, 5) is 17.9. The first-order valence-corrected chi connectivity index (χ1v) is 7.76. The number of carbonyl (C=O) groups is 1. The van der Waals surface area contributed by atoms with Gasteiger partial charge in [-0.15, -0.1) is 24.0 Å². The summed E-state index contributed by atoms with van der Waals surface area (Å²) in [5.41, 5.74) is 12.6. The van der Waals surface area contributed by atoms with Crippen LogP contribution in [-0.4, -0.2) is 42.4 Å². The molecule has 0 bridgehead atoms. The van der Waals surface area contributed by atoms with Crippen LogP contribution in [0.5, 0.6) is 0 Å². The number of amides is 1. The van der Waals surface area contributed by atoms with Crippen LogP contribution in [0.25, 0.3) is 0 Å². The Morgan fingerprint density at radius 1 is 1.43 bits per heavy atom. The number of benzene rings is 1. The van der Waals surface area contributed by atoms with Crippen molar-refractivity contribution in [1.82, 2.24) is 10.2 Å². The van der Waals surface area contributed by atoms with Crippen LogP contribution < -0.4 is 16.8 Å². The van der Waals surface area contributed by atoms with E-state index in [4.69, 9.17) is 11.5 Å². The first kappa shape index (κ1) is 19.7. The van der Waals surface area contributed by atoms with Crippen LogP contribution in [0.4, 0.5) is 0 Å². The molecule has 1 amide bonds. The molecule has 1 saturated heterocycles. The number of carbonyl (C=O) groups excluding carboxylic acids is 1. The lowest BCUT2D eigenvalue weighted by Crippen LogP contribution is -2.42. The number of nitrogens with one attached hydrogen (secondary N) is 1. The van der Waals surface area contributed by atoms with Gasteiger partial charge in [-0.1, -0.05) is 19.1 Å². The van der Waals surface area contributed by atoms with E-state index >= 15 is 0 Å². The fraction of sp³-hybridized carbons (Fsp3) is 0.500. The van der Waals surface area contributed by atoms with E-state index in [2.05, 4.69) is 22.1 Å². The second-order valence-electron chi connectivity index (χ2n) is 5.57. The maximum Gasteiger partial charge on any atom is 0.248 e. The Morgan fingerprint density at radius 3 is 2.91 bits per heavy atom. The molecule has 1 atom stereocenters. The zero-order valence-corrected chi connectivity index (χ0v) is 15.8. The molecule has 1 aliphatic heterocycles. The fourth-order valence-electron chi connectivity index (χ4n) is 2.82. The van der Waals surface area contributed by atoms with Crippen molar-refractivity contribution in [2.75, 3.05) is 19.6 Å². The quantitative estimate of drug-likeness (QED) is 0.359. The zero-order valence-electron chi connectivity index (χ0n) is 13.5. The topological polar surface area (TPSA) is 96.7 Å². The van der Waals surface area contributed by atoms with Gasteiger partial charge in [0.25, 0.3) is 0 Å². The number of nitrogens with two attached hydrogens (primary N) is 2. The van der Waals surface area contributed by atoms with Crippen LogP contribution in [-0.2, 0) is 6.54 Å². The third kappa shape index (κ3) is 5.98. The van der Waals surface area contributed by atoms with Gasteiger partial charge in [0.05, 0.1) is 6.54 Å². The number of hydrogen-bond acceptors (Lipinski definition) is 3. The van der Waals surface area contributed by atoms with Gasteiger partial charge in [-0.3, -0.25) is 9.69 Å². The van der Waals surface area contributed by atoms with E-state index in [9.17, 15) is 4.79 Å². The minimum atomic E-state index is -0.433. The second kappa shape index (κ2) is 9.71. The van der Waals surface area contributed by atoms with Gasteiger partial charge in [0.2, 0.25) is 5.91 Å². The van der Waals surface area contributed by atoms with Crippen molar-refractivity contribution < 1.29 is 4.79 Å². The predicted octanol–water partition coefficient (Wildman–Crippen LogP) is 1.29. The third-order valence-corrected chi connectivity index (χ3v) is 4.07. The first-order valence-electron chi connectivity index (χ1n) is 7.76. The Morgan fingerprint density at radius 2 is 2.22 bits per heavy atom. The fourth-order valence-corrected chi connectivity index (χ4v) is 2.82. The molecule has 0 radical (unpaired) electrons. The highest BCUT2D eigenvalue weighted by atomic mass is 127. The summed E-state index contributed by atoms with van der Waals surface area (Å²) in [6.45, 7) is 5.68. The van der Waals surface area contributed by atoms with Crippen molar-refractivity contribution in [2.24, 2.45) is 16.5 Å². The van der Waals surface area contributed by atoms with Crippen LogP contribution in [0, 0.1) is 0 Å². The highest BCUT2D eigenvalue weighted by Crippen LogP contribution is 2.15. The summed E-state index contributed by atoms with van der Waals surface area (Å²) in [7, 11) is 0. The van der Waals surface area contributed by atoms with Crippen LogP contribution in [0.1, 0.15) is 35.7 Å². The molecule has 7 heteroatoms. The molecular formula is C16H26IN5O. The summed E-state index contributed by atoms with van der Waals surface area (Å²) in [5.74, 6) is 0.00486.